The predicted molar refractivity (Wildman–Crippen MR) is 107 cm³/mol. The smallest absolute Gasteiger partial charge is 0.258 e. The summed E-state index contributed by atoms with van der Waals surface area (Å²) < 4.78 is 11.1. The van der Waals surface area contributed by atoms with E-state index in [4.69, 9.17) is 32.7 Å². The molecule has 1 aliphatic heterocycles. The fourth-order valence-electron chi connectivity index (χ4n) is 2.80. The van der Waals surface area contributed by atoms with Crippen molar-refractivity contribution in [2.45, 2.75) is 12.5 Å². The maximum absolute atomic E-state index is 11.9. The first-order valence-electron chi connectivity index (χ1n) is 8.87. The molecule has 1 amide bonds. The van der Waals surface area contributed by atoms with Crippen molar-refractivity contribution < 1.29 is 14.3 Å². The highest BCUT2D eigenvalue weighted by molar-refractivity contribution is 6.30. The van der Waals surface area contributed by atoms with Gasteiger partial charge in [-0.05, 0) is 55.0 Å². The third-order valence-corrected chi connectivity index (χ3v) is 4.71. The third-order valence-electron chi connectivity index (χ3n) is 4.21. The van der Waals surface area contributed by atoms with Gasteiger partial charge in [-0.1, -0.05) is 23.2 Å². The van der Waals surface area contributed by atoms with E-state index in [0.29, 0.717) is 22.4 Å². The Kier molecular flexibility index (Phi) is 7.21. The first-order valence-corrected chi connectivity index (χ1v) is 9.62. The molecule has 5 nitrogen and oxygen atoms in total. The summed E-state index contributed by atoms with van der Waals surface area (Å²) >= 11 is 11.7. The summed E-state index contributed by atoms with van der Waals surface area (Å²) in [6, 6.07) is 14.5. The summed E-state index contributed by atoms with van der Waals surface area (Å²) in [5.74, 6) is 1.35. The second-order valence-corrected chi connectivity index (χ2v) is 7.30. The number of carbonyl (C=O) groups is 1. The number of rotatable bonds is 9. The average molecular weight is 409 g/mol. The van der Waals surface area contributed by atoms with Gasteiger partial charge in [-0.15, -0.1) is 0 Å². The summed E-state index contributed by atoms with van der Waals surface area (Å²) in [5.41, 5.74) is 0. The van der Waals surface area contributed by atoms with E-state index in [-0.39, 0.29) is 18.6 Å². The Balaban J connectivity index is 1.23. The maximum Gasteiger partial charge on any atom is 0.258 e. The largest absolute Gasteiger partial charge is 0.494 e. The molecule has 0 unspecified atom stereocenters. The molecule has 0 spiro atoms. The van der Waals surface area contributed by atoms with Crippen LogP contribution in [0.25, 0.3) is 0 Å². The van der Waals surface area contributed by atoms with Crippen LogP contribution in [0.2, 0.25) is 10.0 Å². The maximum atomic E-state index is 11.9. The number of likely N-dealkylation sites (tertiary alicyclic amines) is 1. The summed E-state index contributed by atoms with van der Waals surface area (Å²) in [6.07, 6.45) is 0.934. The van der Waals surface area contributed by atoms with Gasteiger partial charge >= 0.3 is 0 Å². The van der Waals surface area contributed by atoms with E-state index in [9.17, 15) is 4.79 Å². The van der Waals surface area contributed by atoms with Gasteiger partial charge in [0.2, 0.25) is 0 Å². The molecule has 1 fully saturated rings. The number of amides is 1. The van der Waals surface area contributed by atoms with Crippen LogP contribution in [0, 0.1) is 0 Å². The minimum atomic E-state index is -0.110. The van der Waals surface area contributed by atoms with Gasteiger partial charge < -0.3 is 14.8 Å². The fraction of sp³-hybridized carbons (Fsp3) is 0.350. The second kappa shape index (κ2) is 9.83. The molecule has 3 rings (SSSR count). The Morgan fingerprint density at radius 3 is 2.11 bits per heavy atom. The average Bonchev–Trinajstić information content (AvgIpc) is 2.63. The van der Waals surface area contributed by atoms with Crippen molar-refractivity contribution in [1.29, 1.82) is 0 Å². The molecule has 0 atom stereocenters. The summed E-state index contributed by atoms with van der Waals surface area (Å²) in [4.78, 5) is 14.2. The molecular formula is C20H22Cl2N2O3. The number of hydrogen-bond donors (Lipinski definition) is 1. The topological polar surface area (TPSA) is 50.8 Å². The van der Waals surface area contributed by atoms with Crippen molar-refractivity contribution >= 4 is 29.1 Å². The van der Waals surface area contributed by atoms with Crippen LogP contribution >= 0.6 is 23.2 Å². The SMILES string of the molecule is O=C(COc1ccc(Cl)cc1)NC1CN(CCCOc2ccc(Cl)cc2)C1. The first kappa shape index (κ1) is 19.8. The zero-order valence-corrected chi connectivity index (χ0v) is 16.4. The lowest BCUT2D eigenvalue weighted by Crippen LogP contribution is -2.59. The van der Waals surface area contributed by atoms with E-state index < -0.39 is 0 Å². The molecule has 1 aliphatic rings. The monoisotopic (exact) mass is 408 g/mol. The van der Waals surface area contributed by atoms with Crippen LogP contribution in [-0.4, -0.2) is 49.7 Å². The summed E-state index contributed by atoms with van der Waals surface area (Å²) in [6.45, 7) is 3.32. The van der Waals surface area contributed by atoms with Crippen LogP contribution in [-0.2, 0) is 4.79 Å². The van der Waals surface area contributed by atoms with Gasteiger partial charge in [0, 0.05) is 29.7 Å². The van der Waals surface area contributed by atoms with Crippen molar-refractivity contribution in [3.8, 4) is 11.5 Å². The molecular weight excluding hydrogens is 387 g/mol. The fourth-order valence-corrected chi connectivity index (χ4v) is 3.05. The van der Waals surface area contributed by atoms with Crippen molar-refractivity contribution in [3.63, 3.8) is 0 Å². The van der Waals surface area contributed by atoms with Crippen molar-refractivity contribution in [1.82, 2.24) is 10.2 Å². The number of carbonyl (C=O) groups excluding carboxylic acids is 1. The van der Waals surface area contributed by atoms with E-state index >= 15 is 0 Å². The normalized spacial score (nSPS) is 14.4. The molecule has 1 heterocycles. The van der Waals surface area contributed by atoms with Gasteiger partial charge in [0.15, 0.2) is 6.61 Å². The molecule has 7 heteroatoms. The van der Waals surface area contributed by atoms with Crippen LogP contribution in [0.15, 0.2) is 48.5 Å². The lowest BCUT2D eigenvalue weighted by molar-refractivity contribution is -0.125. The third kappa shape index (κ3) is 6.61. The van der Waals surface area contributed by atoms with Gasteiger partial charge in [-0.25, -0.2) is 0 Å². The highest BCUT2D eigenvalue weighted by atomic mass is 35.5. The van der Waals surface area contributed by atoms with Crippen LogP contribution in [0.1, 0.15) is 6.42 Å². The zero-order valence-electron chi connectivity index (χ0n) is 14.9. The number of benzene rings is 2. The van der Waals surface area contributed by atoms with Crippen LogP contribution < -0.4 is 14.8 Å². The number of nitrogens with one attached hydrogen (secondary N) is 1. The Bertz CT molecular complexity index is 732. The second-order valence-electron chi connectivity index (χ2n) is 6.42. The van der Waals surface area contributed by atoms with Crippen molar-refractivity contribution in [2.24, 2.45) is 0 Å². The van der Waals surface area contributed by atoms with Gasteiger partial charge in [0.05, 0.1) is 12.6 Å². The van der Waals surface area contributed by atoms with Crippen LogP contribution in [0.5, 0.6) is 11.5 Å². The quantitative estimate of drug-likeness (QED) is 0.643. The summed E-state index contributed by atoms with van der Waals surface area (Å²) in [5, 5.41) is 4.32. The molecule has 0 radical (unpaired) electrons. The van der Waals surface area contributed by atoms with E-state index in [0.717, 1.165) is 31.8 Å². The molecule has 0 saturated carbocycles. The van der Waals surface area contributed by atoms with Gasteiger partial charge in [-0.3, -0.25) is 9.69 Å². The number of ether oxygens (including phenoxy) is 2. The molecule has 144 valence electrons. The Labute approximate surface area is 169 Å². The minimum absolute atomic E-state index is 0.00701. The van der Waals surface area contributed by atoms with Gasteiger partial charge in [-0.2, -0.15) is 0 Å². The number of hydrogen-bond acceptors (Lipinski definition) is 4. The molecule has 0 aliphatic carbocycles. The van der Waals surface area contributed by atoms with Gasteiger partial charge in [0.25, 0.3) is 5.91 Å². The minimum Gasteiger partial charge on any atom is -0.494 e. The lowest BCUT2D eigenvalue weighted by atomic mass is 10.1. The van der Waals surface area contributed by atoms with E-state index in [1.165, 1.54) is 0 Å². The Hall–Kier alpha value is -1.95. The highest BCUT2D eigenvalue weighted by Crippen LogP contribution is 2.17. The van der Waals surface area contributed by atoms with E-state index in [2.05, 4.69) is 10.2 Å². The molecule has 2 aromatic carbocycles. The molecule has 2 aromatic rings. The lowest BCUT2D eigenvalue weighted by Gasteiger charge is -2.39. The first-order chi connectivity index (χ1) is 13.1. The number of nitrogens with zero attached hydrogens (tertiary/aromatic N) is 1. The molecule has 0 bridgehead atoms. The molecule has 1 saturated heterocycles. The van der Waals surface area contributed by atoms with Crippen molar-refractivity contribution in [2.75, 3.05) is 32.8 Å². The summed E-state index contributed by atoms with van der Waals surface area (Å²) in [7, 11) is 0. The van der Waals surface area contributed by atoms with Crippen molar-refractivity contribution in [3.05, 3.63) is 58.6 Å². The Morgan fingerprint density at radius 2 is 1.52 bits per heavy atom. The van der Waals surface area contributed by atoms with E-state index in [1.54, 1.807) is 24.3 Å². The molecule has 1 N–H and O–H groups in total. The van der Waals surface area contributed by atoms with E-state index in [1.807, 2.05) is 24.3 Å². The molecule has 27 heavy (non-hydrogen) atoms. The van der Waals surface area contributed by atoms with Crippen LogP contribution in [0.3, 0.4) is 0 Å². The molecule has 0 aromatic heterocycles. The predicted octanol–water partition coefficient (Wildman–Crippen LogP) is 3.64. The van der Waals surface area contributed by atoms with Gasteiger partial charge in [0.1, 0.15) is 11.5 Å². The highest BCUT2D eigenvalue weighted by Gasteiger charge is 2.27. The standard InChI is InChI=1S/C20H22Cl2N2O3/c21-15-2-6-18(7-3-15)26-11-1-10-24-12-17(13-24)23-20(25)14-27-19-8-4-16(22)5-9-19/h2-9,17H,1,10-14H2,(H,23,25). The van der Waals surface area contributed by atoms with Crippen LogP contribution in [0.4, 0.5) is 0 Å². The number of halogens is 2. The Morgan fingerprint density at radius 1 is 0.963 bits per heavy atom. The zero-order chi connectivity index (χ0) is 19.1.